The lowest BCUT2D eigenvalue weighted by Gasteiger charge is -2.18. The smallest absolute Gasteiger partial charge is 0.306 e. The first-order valence-corrected chi connectivity index (χ1v) is 25.6. The van der Waals surface area contributed by atoms with E-state index in [1.807, 2.05) is 0 Å². The van der Waals surface area contributed by atoms with Crippen molar-refractivity contribution in [2.45, 2.75) is 285 Å². The molecule has 344 valence electrons. The average molecular weight is 821 g/mol. The zero-order chi connectivity index (χ0) is 42.7. The molecule has 0 aromatic carbocycles. The van der Waals surface area contributed by atoms with E-state index in [4.69, 9.17) is 14.2 Å². The summed E-state index contributed by atoms with van der Waals surface area (Å²) in [5.41, 5.74) is 0. The predicted octanol–water partition coefficient (Wildman–Crippen LogP) is 16.4. The van der Waals surface area contributed by atoms with Gasteiger partial charge in [0.1, 0.15) is 13.2 Å². The second-order valence-corrected chi connectivity index (χ2v) is 19.0. The van der Waals surface area contributed by atoms with Crippen LogP contribution in [0.5, 0.6) is 0 Å². The first-order chi connectivity index (χ1) is 28.1. The van der Waals surface area contributed by atoms with E-state index in [2.05, 4.69) is 41.5 Å². The Hall–Kier alpha value is -1.59. The van der Waals surface area contributed by atoms with Crippen LogP contribution in [0, 0.1) is 17.8 Å². The summed E-state index contributed by atoms with van der Waals surface area (Å²) in [5, 5.41) is 0. The summed E-state index contributed by atoms with van der Waals surface area (Å²) in [6.45, 7) is 13.7. The van der Waals surface area contributed by atoms with Gasteiger partial charge in [0.25, 0.3) is 0 Å². The van der Waals surface area contributed by atoms with Crippen LogP contribution >= 0.6 is 0 Å². The van der Waals surface area contributed by atoms with E-state index in [9.17, 15) is 14.4 Å². The van der Waals surface area contributed by atoms with Crippen LogP contribution in [0.1, 0.15) is 279 Å². The van der Waals surface area contributed by atoms with Gasteiger partial charge in [0.05, 0.1) is 0 Å². The molecular weight excluding hydrogens is 721 g/mol. The van der Waals surface area contributed by atoms with Gasteiger partial charge in [-0.3, -0.25) is 14.4 Å². The fourth-order valence-electron chi connectivity index (χ4n) is 7.73. The van der Waals surface area contributed by atoms with Crippen molar-refractivity contribution in [2.24, 2.45) is 17.8 Å². The first-order valence-electron chi connectivity index (χ1n) is 25.6. The summed E-state index contributed by atoms with van der Waals surface area (Å²) in [7, 11) is 0. The molecule has 58 heavy (non-hydrogen) atoms. The van der Waals surface area contributed by atoms with E-state index >= 15 is 0 Å². The summed E-state index contributed by atoms with van der Waals surface area (Å²) < 4.78 is 16.8. The molecule has 0 bridgehead atoms. The van der Waals surface area contributed by atoms with E-state index in [1.165, 1.54) is 161 Å². The van der Waals surface area contributed by atoms with Crippen LogP contribution in [0.15, 0.2) is 0 Å². The zero-order valence-corrected chi connectivity index (χ0v) is 39.8. The molecule has 0 heterocycles. The van der Waals surface area contributed by atoms with Crippen molar-refractivity contribution in [2.75, 3.05) is 13.2 Å². The molecule has 0 aromatic heterocycles. The van der Waals surface area contributed by atoms with Gasteiger partial charge in [-0.25, -0.2) is 0 Å². The van der Waals surface area contributed by atoms with Crippen LogP contribution in [-0.4, -0.2) is 37.2 Å². The van der Waals surface area contributed by atoms with Gasteiger partial charge in [-0.15, -0.1) is 0 Å². The quantitative estimate of drug-likeness (QED) is 0.0346. The summed E-state index contributed by atoms with van der Waals surface area (Å²) >= 11 is 0. The standard InChI is InChI=1S/C52H100O6/c1-7-48(6)40-34-28-24-25-30-36-42-51(54)57-45-49(44-56-50(53)41-35-29-22-18-15-14-17-21-27-33-39-47(4)5)58-52(55)43-37-31-23-19-13-11-9-8-10-12-16-20-26-32-38-46(2)3/h46-49H,7-45H2,1-6H3/t48?,49-/m0/s1. The van der Waals surface area contributed by atoms with Crippen LogP contribution in [0.3, 0.4) is 0 Å². The minimum Gasteiger partial charge on any atom is -0.462 e. The summed E-state index contributed by atoms with van der Waals surface area (Å²) in [4.78, 5) is 37.9. The second kappa shape index (κ2) is 43.5. The molecule has 0 N–H and O–H groups in total. The highest BCUT2D eigenvalue weighted by molar-refractivity contribution is 5.71. The van der Waals surface area contributed by atoms with Crippen molar-refractivity contribution in [1.82, 2.24) is 0 Å². The van der Waals surface area contributed by atoms with E-state index in [0.29, 0.717) is 19.3 Å². The SMILES string of the molecule is CCC(C)CCCCCCCCC(=O)OC[C@H](COC(=O)CCCCCCCCCCCCC(C)C)OC(=O)CCCCCCCCCCCCCCCCC(C)C. The molecule has 6 heteroatoms. The van der Waals surface area contributed by atoms with E-state index in [0.717, 1.165) is 75.5 Å². The highest BCUT2D eigenvalue weighted by Gasteiger charge is 2.19. The maximum Gasteiger partial charge on any atom is 0.306 e. The van der Waals surface area contributed by atoms with Crippen molar-refractivity contribution in [3.63, 3.8) is 0 Å². The van der Waals surface area contributed by atoms with Gasteiger partial charge in [-0.1, -0.05) is 241 Å². The number of hydrogen-bond acceptors (Lipinski definition) is 6. The topological polar surface area (TPSA) is 78.9 Å². The third-order valence-electron chi connectivity index (χ3n) is 12.0. The number of rotatable bonds is 45. The fourth-order valence-corrected chi connectivity index (χ4v) is 7.73. The van der Waals surface area contributed by atoms with Crippen LogP contribution in [-0.2, 0) is 28.6 Å². The van der Waals surface area contributed by atoms with Crippen LogP contribution < -0.4 is 0 Å². The maximum absolute atomic E-state index is 12.8. The number of ether oxygens (including phenoxy) is 3. The molecule has 0 radical (unpaired) electrons. The largest absolute Gasteiger partial charge is 0.462 e. The highest BCUT2D eigenvalue weighted by Crippen LogP contribution is 2.18. The Kier molecular flexibility index (Phi) is 42.3. The monoisotopic (exact) mass is 821 g/mol. The molecule has 0 aliphatic carbocycles. The molecule has 0 aliphatic rings. The summed E-state index contributed by atoms with van der Waals surface area (Å²) in [6, 6.07) is 0. The minimum absolute atomic E-state index is 0.0655. The maximum atomic E-state index is 12.8. The van der Waals surface area contributed by atoms with E-state index < -0.39 is 6.10 Å². The fraction of sp³-hybridized carbons (Fsp3) is 0.942. The Morgan fingerprint density at radius 2 is 0.603 bits per heavy atom. The van der Waals surface area contributed by atoms with Crippen molar-refractivity contribution < 1.29 is 28.6 Å². The second-order valence-electron chi connectivity index (χ2n) is 19.0. The highest BCUT2D eigenvalue weighted by atomic mass is 16.6. The van der Waals surface area contributed by atoms with Crippen LogP contribution in [0.25, 0.3) is 0 Å². The average Bonchev–Trinajstić information content (AvgIpc) is 3.19. The first kappa shape index (κ1) is 56.4. The molecular formula is C52H100O6. The Morgan fingerprint density at radius 1 is 0.345 bits per heavy atom. The normalized spacial score (nSPS) is 12.6. The van der Waals surface area contributed by atoms with Gasteiger partial charge in [0.15, 0.2) is 6.10 Å². The van der Waals surface area contributed by atoms with Gasteiger partial charge >= 0.3 is 17.9 Å². The van der Waals surface area contributed by atoms with Crippen molar-refractivity contribution in [3.05, 3.63) is 0 Å². The number of hydrogen-bond donors (Lipinski definition) is 0. The Labute approximate surface area is 361 Å². The molecule has 0 saturated heterocycles. The minimum atomic E-state index is -0.763. The van der Waals surface area contributed by atoms with Crippen molar-refractivity contribution >= 4 is 17.9 Å². The number of carbonyl (C=O) groups is 3. The van der Waals surface area contributed by atoms with Crippen molar-refractivity contribution in [1.29, 1.82) is 0 Å². The molecule has 0 amide bonds. The molecule has 0 saturated carbocycles. The Morgan fingerprint density at radius 3 is 0.897 bits per heavy atom. The van der Waals surface area contributed by atoms with Gasteiger partial charge < -0.3 is 14.2 Å². The molecule has 0 spiro atoms. The van der Waals surface area contributed by atoms with Gasteiger partial charge in [0, 0.05) is 19.3 Å². The lowest BCUT2D eigenvalue weighted by molar-refractivity contribution is -0.167. The molecule has 2 atom stereocenters. The van der Waals surface area contributed by atoms with E-state index in [1.54, 1.807) is 0 Å². The Balaban J connectivity index is 4.30. The van der Waals surface area contributed by atoms with Gasteiger partial charge in [-0.2, -0.15) is 0 Å². The lowest BCUT2D eigenvalue weighted by Crippen LogP contribution is -2.30. The van der Waals surface area contributed by atoms with Crippen molar-refractivity contribution in [3.8, 4) is 0 Å². The third-order valence-corrected chi connectivity index (χ3v) is 12.0. The third kappa shape index (κ3) is 44.0. The molecule has 0 aliphatic heterocycles. The molecule has 6 nitrogen and oxygen atoms in total. The molecule has 0 aromatic rings. The van der Waals surface area contributed by atoms with Gasteiger partial charge in [0.2, 0.25) is 0 Å². The predicted molar refractivity (Wildman–Crippen MR) is 247 cm³/mol. The molecule has 0 rings (SSSR count). The van der Waals surface area contributed by atoms with E-state index in [-0.39, 0.29) is 31.1 Å². The van der Waals surface area contributed by atoms with Crippen LogP contribution in [0.2, 0.25) is 0 Å². The summed E-state index contributed by atoms with van der Waals surface area (Å²) in [5.74, 6) is 1.62. The lowest BCUT2D eigenvalue weighted by atomic mass is 10.00. The zero-order valence-electron chi connectivity index (χ0n) is 39.8. The Bertz CT molecular complexity index is 900. The number of unbranched alkanes of at least 4 members (excludes halogenated alkanes) is 27. The molecule has 1 unspecified atom stereocenters. The van der Waals surface area contributed by atoms with Gasteiger partial charge in [-0.05, 0) is 37.0 Å². The molecule has 0 fully saturated rings. The number of carbonyl (C=O) groups excluding carboxylic acids is 3. The van der Waals surface area contributed by atoms with Crippen LogP contribution in [0.4, 0.5) is 0 Å². The number of esters is 3. The summed E-state index contributed by atoms with van der Waals surface area (Å²) in [6.07, 6.45) is 42.3.